The maximum absolute atomic E-state index is 14.0. The van der Waals surface area contributed by atoms with Gasteiger partial charge in [0.15, 0.2) is 5.78 Å². The predicted octanol–water partition coefficient (Wildman–Crippen LogP) is 4.49. The summed E-state index contributed by atoms with van der Waals surface area (Å²) in [6.07, 6.45) is 2.44. The largest absolute Gasteiger partial charge is 0.469 e. The molecule has 3 aromatic rings. The lowest BCUT2D eigenvalue weighted by Crippen LogP contribution is -2.50. The molecule has 0 spiro atoms. The van der Waals surface area contributed by atoms with Gasteiger partial charge in [0, 0.05) is 22.7 Å². The number of benzene rings is 3. The molecule has 0 bridgehead atoms. The number of ether oxygens (including phenoxy) is 1. The molecular weight excluding hydrogens is 520 g/mol. The van der Waals surface area contributed by atoms with Gasteiger partial charge in [0.05, 0.1) is 31.5 Å². The summed E-state index contributed by atoms with van der Waals surface area (Å²) in [5.41, 5.74) is 3.69. The van der Waals surface area contributed by atoms with Gasteiger partial charge in [-0.2, -0.15) is 0 Å². The van der Waals surface area contributed by atoms with Crippen LogP contribution in [0, 0.1) is 5.92 Å². The van der Waals surface area contributed by atoms with E-state index >= 15 is 0 Å². The number of urea groups is 1. The lowest BCUT2D eigenvalue weighted by molar-refractivity contribution is -0.139. The van der Waals surface area contributed by atoms with Crippen LogP contribution in [0.1, 0.15) is 42.4 Å². The Morgan fingerprint density at radius 1 is 0.951 bits per heavy atom. The molecule has 3 amide bonds. The number of nitrogens with one attached hydrogen (secondary N) is 2. The molecule has 5 rings (SSSR count). The van der Waals surface area contributed by atoms with E-state index in [1.54, 1.807) is 24.3 Å². The third-order valence-electron chi connectivity index (χ3n) is 7.41. The maximum atomic E-state index is 14.0. The average molecular weight is 553 g/mol. The summed E-state index contributed by atoms with van der Waals surface area (Å²) in [5.74, 6) is -0.950. The topological polar surface area (TPSA) is 117 Å². The number of carbonyl (C=O) groups excluding carboxylic acids is 4. The van der Waals surface area contributed by atoms with Crippen molar-refractivity contribution >= 4 is 40.8 Å². The number of nitrogens with zero attached hydrogens (tertiary/aromatic N) is 2. The number of hydrogen-bond donors (Lipinski definition) is 2. The van der Waals surface area contributed by atoms with Crippen molar-refractivity contribution in [2.75, 3.05) is 23.9 Å². The highest BCUT2D eigenvalue weighted by Gasteiger charge is 2.35. The summed E-state index contributed by atoms with van der Waals surface area (Å²) >= 11 is 0. The van der Waals surface area contributed by atoms with Crippen molar-refractivity contribution in [3.05, 3.63) is 95.6 Å². The molecule has 1 unspecified atom stereocenters. The molecule has 1 aliphatic heterocycles. The van der Waals surface area contributed by atoms with Crippen LogP contribution in [0.5, 0.6) is 0 Å². The van der Waals surface area contributed by atoms with Crippen molar-refractivity contribution < 1.29 is 23.9 Å². The molecule has 0 saturated heterocycles. The summed E-state index contributed by atoms with van der Waals surface area (Å²) in [5, 5.41) is 5.43. The molecule has 1 atom stereocenters. The van der Waals surface area contributed by atoms with Crippen molar-refractivity contribution in [1.82, 2.24) is 5.32 Å². The predicted molar refractivity (Wildman–Crippen MR) is 156 cm³/mol. The molecule has 1 fully saturated rings. The van der Waals surface area contributed by atoms with Crippen LogP contribution < -0.4 is 15.5 Å². The zero-order valence-electron chi connectivity index (χ0n) is 22.8. The van der Waals surface area contributed by atoms with Crippen LogP contribution in [0.15, 0.2) is 83.9 Å². The highest BCUT2D eigenvalue weighted by molar-refractivity contribution is 6.21. The van der Waals surface area contributed by atoms with Gasteiger partial charge >= 0.3 is 12.0 Å². The average Bonchev–Trinajstić information content (AvgIpc) is 3.50. The van der Waals surface area contributed by atoms with Crippen LogP contribution in [0.2, 0.25) is 0 Å². The Bertz CT molecular complexity index is 1480. The van der Waals surface area contributed by atoms with Crippen LogP contribution in [0.25, 0.3) is 0 Å². The normalized spacial score (nSPS) is 16.8. The van der Waals surface area contributed by atoms with Gasteiger partial charge < -0.3 is 20.3 Å². The van der Waals surface area contributed by atoms with Gasteiger partial charge in [0.1, 0.15) is 0 Å². The second kappa shape index (κ2) is 12.6. The van der Waals surface area contributed by atoms with Gasteiger partial charge in [-0.3, -0.25) is 14.4 Å². The quantitative estimate of drug-likeness (QED) is 0.399. The first-order valence-electron chi connectivity index (χ1n) is 13.7. The molecular formula is C32H32N4O5. The number of rotatable bonds is 8. The Morgan fingerprint density at radius 2 is 1.68 bits per heavy atom. The zero-order chi connectivity index (χ0) is 28.8. The zero-order valence-corrected chi connectivity index (χ0v) is 22.8. The number of amides is 3. The van der Waals surface area contributed by atoms with E-state index in [0.29, 0.717) is 28.2 Å². The van der Waals surface area contributed by atoms with E-state index in [0.717, 1.165) is 31.2 Å². The summed E-state index contributed by atoms with van der Waals surface area (Å²) < 4.78 is 4.72. The van der Waals surface area contributed by atoms with Crippen molar-refractivity contribution in [3.8, 4) is 0 Å². The Hall–Kier alpha value is -4.79. The molecule has 9 heteroatoms. The van der Waals surface area contributed by atoms with Crippen LogP contribution in [0.3, 0.4) is 0 Å². The van der Waals surface area contributed by atoms with Crippen molar-refractivity contribution in [2.45, 2.75) is 38.3 Å². The van der Waals surface area contributed by atoms with E-state index in [9.17, 15) is 19.2 Å². The van der Waals surface area contributed by atoms with E-state index in [4.69, 9.17) is 9.73 Å². The van der Waals surface area contributed by atoms with Crippen molar-refractivity contribution in [3.63, 3.8) is 0 Å². The van der Waals surface area contributed by atoms with E-state index in [-0.39, 0.29) is 24.7 Å². The third-order valence-corrected chi connectivity index (χ3v) is 7.41. The first-order valence-corrected chi connectivity index (χ1v) is 13.7. The number of Topliss-reactive ketones (excluding diaryl/α,β-unsaturated/α-hetero) is 1. The van der Waals surface area contributed by atoms with Crippen LogP contribution in [-0.2, 0) is 25.5 Å². The Balaban J connectivity index is 1.45. The minimum atomic E-state index is -1.28. The van der Waals surface area contributed by atoms with Gasteiger partial charge in [-0.25, -0.2) is 9.79 Å². The van der Waals surface area contributed by atoms with Gasteiger partial charge in [0.25, 0.3) is 5.91 Å². The molecule has 41 heavy (non-hydrogen) atoms. The number of para-hydroxylation sites is 1. The molecule has 1 aliphatic carbocycles. The third kappa shape index (κ3) is 6.51. The lowest BCUT2D eigenvalue weighted by Gasteiger charge is -2.26. The first-order chi connectivity index (χ1) is 19.9. The minimum absolute atomic E-state index is 0.0134. The molecule has 0 aromatic heterocycles. The fourth-order valence-corrected chi connectivity index (χ4v) is 5.33. The number of carbonyl (C=O) groups is 4. The second-order valence-corrected chi connectivity index (χ2v) is 10.2. The molecule has 1 heterocycles. The molecule has 9 nitrogen and oxygen atoms in total. The second-order valence-electron chi connectivity index (χ2n) is 10.2. The molecule has 1 saturated carbocycles. The molecule has 210 valence electrons. The number of aliphatic imine (C=N–C) groups is 1. The maximum Gasteiger partial charge on any atom is 0.321 e. The Morgan fingerprint density at radius 3 is 2.44 bits per heavy atom. The van der Waals surface area contributed by atoms with Crippen molar-refractivity contribution in [1.29, 1.82) is 0 Å². The number of ketones is 1. The lowest BCUT2D eigenvalue weighted by atomic mass is 9.99. The van der Waals surface area contributed by atoms with E-state index < -0.39 is 24.1 Å². The number of methoxy groups -OCH3 is 1. The SMILES string of the molecule is COC(=O)Cc1cccc(NC(=O)NC2N=C(c3ccccc3)c3ccccc3N(CC(=O)C3CCCC3)C2=O)c1. The van der Waals surface area contributed by atoms with Crippen LogP contribution >= 0.6 is 0 Å². The van der Waals surface area contributed by atoms with E-state index in [1.165, 1.54) is 12.0 Å². The van der Waals surface area contributed by atoms with Gasteiger partial charge in [-0.05, 0) is 36.6 Å². The fraction of sp³-hybridized carbons (Fsp3) is 0.281. The van der Waals surface area contributed by atoms with Gasteiger partial charge in [0.2, 0.25) is 6.17 Å². The highest BCUT2D eigenvalue weighted by Crippen LogP contribution is 2.31. The molecule has 0 radical (unpaired) electrons. The van der Waals surface area contributed by atoms with E-state index in [2.05, 4.69) is 10.6 Å². The minimum Gasteiger partial charge on any atom is -0.469 e. The number of esters is 1. The highest BCUT2D eigenvalue weighted by atomic mass is 16.5. The first kappa shape index (κ1) is 27.8. The Labute approximate surface area is 238 Å². The smallest absolute Gasteiger partial charge is 0.321 e. The molecule has 3 aromatic carbocycles. The van der Waals surface area contributed by atoms with Gasteiger partial charge in [-0.15, -0.1) is 0 Å². The summed E-state index contributed by atoms with van der Waals surface area (Å²) in [6, 6.07) is 22.9. The number of hydrogen-bond acceptors (Lipinski definition) is 6. The summed E-state index contributed by atoms with van der Waals surface area (Å²) in [4.78, 5) is 58.3. The van der Waals surface area contributed by atoms with Crippen LogP contribution in [0.4, 0.5) is 16.2 Å². The summed E-state index contributed by atoms with van der Waals surface area (Å²) in [7, 11) is 1.31. The summed E-state index contributed by atoms with van der Waals surface area (Å²) in [6.45, 7) is -0.0898. The number of fused-ring (bicyclic) bond motifs is 1. The van der Waals surface area contributed by atoms with Gasteiger partial charge in [-0.1, -0.05) is 73.5 Å². The monoisotopic (exact) mass is 552 g/mol. The van der Waals surface area contributed by atoms with E-state index in [1.807, 2.05) is 54.6 Å². The fourth-order valence-electron chi connectivity index (χ4n) is 5.33. The standard InChI is InChI=1S/C32H32N4O5/c1-41-28(38)19-21-10-9-15-24(18-21)33-32(40)35-30-31(39)36(20-27(37)22-11-5-6-12-22)26-17-8-7-16-25(26)29(34-30)23-13-3-2-4-14-23/h2-4,7-10,13-18,22,30H,5-6,11-12,19-20H2,1H3,(H2,33,35,40). The Kier molecular flexibility index (Phi) is 8.53. The van der Waals surface area contributed by atoms with Crippen LogP contribution in [-0.4, -0.2) is 49.2 Å². The van der Waals surface area contributed by atoms with Crippen molar-refractivity contribution in [2.24, 2.45) is 10.9 Å². The molecule has 2 N–H and O–H groups in total. The number of anilines is 2. The number of benzodiazepines with no additional fused rings is 1. The molecule has 2 aliphatic rings.